The molecule has 16 heavy (non-hydrogen) atoms. The van der Waals surface area contributed by atoms with Crippen LogP contribution in [0.2, 0.25) is 0 Å². The molecular formula is C10H17N5O. The zero-order valence-electron chi connectivity index (χ0n) is 9.46. The Kier molecular flexibility index (Phi) is 3.19. The SMILES string of the molecule is CC(CN)CC(=O)N1CCn2cnnc2C1. The van der Waals surface area contributed by atoms with Crippen LogP contribution in [0.25, 0.3) is 0 Å². The van der Waals surface area contributed by atoms with Crippen molar-refractivity contribution < 1.29 is 4.79 Å². The molecule has 1 amide bonds. The summed E-state index contributed by atoms with van der Waals surface area (Å²) >= 11 is 0. The quantitative estimate of drug-likeness (QED) is 0.756. The van der Waals surface area contributed by atoms with Gasteiger partial charge in [-0.1, -0.05) is 6.92 Å². The van der Waals surface area contributed by atoms with E-state index < -0.39 is 0 Å². The summed E-state index contributed by atoms with van der Waals surface area (Å²) in [5, 5.41) is 7.81. The van der Waals surface area contributed by atoms with Gasteiger partial charge in [0, 0.05) is 19.5 Å². The number of carbonyl (C=O) groups excluding carboxylic acids is 1. The highest BCUT2D eigenvalue weighted by atomic mass is 16.2. The van der Waals surface area contributed by atoms with E-state index in [4.69, 9.17) is 5.73 Å². The number of hydrogen-bond acceptors (Lipinski definition) is 4. The lowest BCUT2D eigenvalue weighted by Crippen LogP contribution is -2.39. The molecule has 1 aliphatic rings. The van der Waals surface area contributed by atoms with E-state index in [1.54, 1.807) is 6.33 Å². The average molecular weight is 223 g/mol. The summed E-state index contributed by atoms with van der Waals surface area (Å²) in [6, 6.07) is 0. The highest BCUT2D eigenvalue weighted by molar-refractivity contribution is 5.76. The van der Waals surface area contributed by atoms with Crippen molar-refractivity contribution in [3.8, 4) is 0 Å². The van der Waals surface area contributed by atoms with Crippen molar-refractivity contribution >= 4 is 5.91 Å². The Morgan fingerprint density at radius 1 is 1.62 bits per heavy atom. The van der Waals surface area contributed by atoms with Crippen LogP contribution < -0.4 is 5.73 Å². The van der Waals surface area contributed by atoms with E-state index in [1.165, 1.54) is 0 Å². The van der Waals surface area contributed by atoms with Crippen LogP contribution in [-0.2, 0) is 17.9 Å². The first-order chi connectivity index (χ1) is 7.70. The molecular weight excluding hydrogens is 206 g/mol. The molecule has 6 heteroatoms. The minimum Gasteiger partial charge on any atom is -0.333 e. The van der Waals surface area contributed by atoms with Gasteiger partial charge in [0.2, 0.25) is 5.91 Å². The molecule has 1 aromatic heterocycles. The first-order valence-corrected chi connectivity index (χ1v) is 5.55. The van der Waals surface area contributed by atoms with Crippen LogP contribution in [0.3, 0.4) is 0 Å². The van der Waals surface area contributed by atoms with Gasteiger partial charge in [0.1, 0.15) is 6.33 Å². The lowest BCUT2D eigenvalue weighted by molar-refractivity contribution is -0.133. The molecule has 2 heterocycles. The standard InChI is InChI=1S/C10H17N5O/c1-8(5-11)4-10(16)14-2-3-15-7-12-13-9(15)6-14/h7-8H,2-6,11H2,1H3. The molecule has 0 saturated carbocycles. The van der Waals surface area contributed by atoms with Crippen molar-refractivity contribution in [3.05, 3.63) is 12.2 Å². The fraction of sp³-hybridized carbons (Fsp3) is 0.700. The Labute approximate surface area is 94.4 Å². The average Bonchev–Trinajstić information content (AvgIpc) is 2.75. The van der Waals surface area contributed by atoms with Crippen molar-refractivity contribution in [2.75, 3.05) is 13.1 Å². The third-order valence-corrected chi connectivity index (χ3v) is 2.92. The minimum atomic E-state index is 0.159. The molecule has 0 aromatic carbocycles. The Balaban J connectivity index is 1.95. The number of amides is 1. The summed E-state index contributed by atoms with van der Waals surface area (Å²) in [7, 11) is 0. The monoisotopic (exact) mass is 223 g/mol. The second-order valence-corrected chi connectivity index (χ2v) is 4.30. The summed E-state index contributed by atoms with van der Waals surface area (Å²) in [5.41, 5.74) is 5.51. The summed E-state index contributed by atoms with van der Waals surface area (Å²) in [6.45, 7) is 4.63. The van der Waals surface area contributed by atoms with Crippen LogP contribution in [-0.4, -0.2) is 38.7 Å². The van der Waals surface area contributed by atoms with E-state index in [0.29, 0.717) is 19.5 Å². The highest BCUT2D eigenvalue weighted by Gasteiger charge is 2.22. The maximum atomic E-state index is 11.9. The number of nitrogens with zero attached hydrogens (tertiary/aromatic N) is 4. The maximum absolute atomic E-state index is 11.9. The highest BCUT2D eigenvalue weighted by Crippen LogP contribution is 2.12. The molecule has 1 unspecified atom stereocenters. The van der Waals surface area contributed by atoms with Gasteiger partial charge in [0.05, 0.1) is 6.54 Å². The fourth-order valence-corrected chi connectivity index (χ4v) is 1.79. The summed E-state index contributed by atoms with van der Waals surface area (Å²) in [4.78, 5) is 13.7. The Bertz CT molecular complexity index is 375. The number of nitrogens with two attached hydrogens (primary N) is 1. The predicted molar refractivity (Wildman–Crippen MR) is 58.3 cm³/mol. The lowest BCUT2D eigenvalue weighted by Gasteiger charge is -2.27. The lowest BCUT2D eigenvalue weighted by atomic mass is 10.1. The third kappa shape index (κ3) is 2.21. The van der Waals surface area contributed by atoms with Crippen molar-refractivity contribution in [1.82, 2.24) is 19.7 Å². The van der Waals surface area contributed by atoms with Crippen molar-refractivity contribution in [2.45, 2.75) is 26.4 Å². The Hall–Kier alpha value is -1.43. The second-order valence-electron chi connectivity index (χ2n) is 4.30. The van der Waals surface area contributed by atoms with Gasteiger partial charge in [-0.15, -0.1) is 10.2 Å². The zero-order chi connectivity index (χ0) is 11.5. The van der Waals surface area contributed by atoms with Gasteiger partial charge in [-0.05, 0) is 12.5 Å². The summed E-state index contributed by atoms with van der Waals surface area (Å²) in [6.07, 6.45) is 2.23. The van der Waals surface area contributed by atoms with Gasteiger partial charge in [0.15, 0.2) is 5.82 Å². The molecule has 0 saturated heterocycles. The topological polar surface area (TPSA) is 77.0 Å². The van der Waals surface area contributed by atoms with Gasteiger partial charge in [0.25, 0.3) is 0 Å². The van der Waals surface area contributed by atoms with Crippen LogP contribution in [0, 0.1) is 5.92 Å². The fourth-order valence-electron chi connectivity index (χ4n) is 1.79. The molecule has 0 spiro atoms. The molecule has 1 aromatic rings. The zero-order valence-corrected chi connectivity index (χ0v) is 9.46. The summed E-state index contributed by atoms with van der Waals surface area (Å²) in [5.74, 6) is 1.26. The van der Waals surface area contributed by atoms with Gasteiger partial charge in [-0.3, -0.25) is 4.79 Å². The molecule has 2 N–H and O–H groups in total. The van der Waals surface area contributed by atoms with E-state index in [0.717, 1.165) is 18.9 Å². The van der Waals surface area contributed by atoms with E-state index in [2.05, 4.69) is 10.2 Å². The Morgan fingerprint density at radius 3 is 3.19 bits per heavy atom. The van der Waals surface area contributed by atoms with Crippen molar-refractivity contribution in [3.63, 3.8) is 0 Å². The number of rotatable bonds is 3. The molecule has 1 aliphatic heterocycles. The number of hydrogen-bond donors (Lipinski definition) is 1. The first kappa shape index (κ1) is 11.1. The predicted octanol–water partition coefficient (Wildman–Crippen LogP) is -0.395. The number of aromatic nitrogens is 3. The van der Waals surface area contributed by atoms with Gasteiger partial charge in [-0.2, -0.15) is 0 Å². The molecule has 0 radical (unpaired) electrons. The maximum Gasteiger partial charge on any atom is 0.223 e. The van der Waals surface area contributed by atoms with E-state index in [9.17, 15) is 4.79 Å². The molecule has 2 rings (SSSR count). The summed E-state index contributed by atoms with van der Waals surface area (Å²) < 4.78 is 1.98. The second kappa shape index (κ2) is 4.61. The van der Waals surface area contributed by atoms with E-state index in [-0.39, 0.29) is 11.8 Å². The minimum absolute atomic E-state index is 0.159. The molecule has 1 atom stereocenters. The first-order valence-electron chi connectivity index (χ1n) is 5.55. The van der Waals surface area contributed by atoms with Gasteiger partial charge < -0.3 is 15.2 Å². The smallest absolute Gasteiger partial charge is 0.223 e. The van der Waals surface area contributed by atoms with Crippen LogP contribution in [0.1, 0.15) is 19.2 Å². The molecule has 0 bridgehead atoms. The molecule has 0 fully saturated rings. The van der Waals surface area contributed by atoms with E-state index >= 15 is 0 Å². The van der Waals surface area contributed by atoms with Gasteiger partial charge in [-0.25, -0.2) is 0 Å². The van der Waals surface area contributed by atoms with Crippen molar-refractivity contribution in [2.24, 2.45) is 11.7 Å². The van der Waals surface area contributed by atoms with E-state index in [1.807, 2.05) is 16.4 Å². The molecule has 88 valence electrons. The van der Waals surface area contributed by atoms with Crippen LogP contribution in [0.15, 0.2) is 6.33 Å². The van der Waals surface area contributed by atoms with Crippen molar-refractivity contribution in [1.29, 1.82) is 0 Å². The van der Waals surface area contributed by atoms with Crippen LogP contribution in [0.4, 0.5) is 0 Å². The van der Waals surface area contributed by atoms with Crippen LogP contribution in [0.5, 0.6) is 0 Å². The van der Waals surface area contributed by atoms with Crippen LogP contribution >= 0.6 is 0 Å². The molecule has 6 nitrogen and oxygen atoms in total. The normalized spacial score (nSPS) is 17.0. The number of fused-ring (bicyclic) bond motifs is 1. The molecule has 0 aliphatic carbocycles. The largest absolute Gasteiger partial charge is 0.333 e. The number of carbonyl (C=O) groups is 1. The van der Waals surface area contributed by atoms with Gasteiger partial charge >= 0.3 is 0 Å². The Morgan fingerprint density at radius 2 is 2.44 bits per heavy atom. The third-order valence-electron chi connectivity index (χ3n) is 2.92.